The van der Waals surface area contributed by atoms with Crippen LogP contribution in [0.15, 0.2) is 0 Å². The fraction of sp³-hybridized carbons (Fsp3) is 1.00. The van der Waals surface area contributed by atoms with Crippen LogP contribution in [0, 0.1) is 5.92 Å². The van der Waals surface area contributed by atoms with E-state index in [0.717, 1.165) is 26.0 Å². The van der Waals surface area contributed by atoms with Crippen LogP contribution in [0.5, 0.6) is 0 Å². The number of rotatable bonds is 8. The van der Waals surface area contributed by atoms with Crippen molar-refractivity contribution in [3.63, 3.8) is 0 Å². The topological polar surface area (TPSA) is 41.5 Å². The van der Waals surface area contributed by atoms with Gasteiger partial charge in [0.2, 0.25) is 0 Å². The quantitative estimate of drug-likeness (QED) is 0.619. The highest BCUT2D eigenvalue weighted by Crippen LogP contribution is 2.41. The lowest BCUT2D eigenvalue weighted by atomic mass is 9.90. The van der Waals surface area contributed by atoms with Crippen molar-refractivity contribution in [3.8, 4) is 0 Å². The molecule has 0 saturated heterocycles. The van der Waals surface area contributed by atoms with Gasteiger partial charge in [-0.15, -0.1) is 0 Å². The number of ether oxygens (including phenoxy) is 1. The molecule has 1 unspecified atom stereocenters. The average molecular weight is 201 g/mol. The number of methoxy groups -OCH3 is 1. The largest absolute Gasteiger partial charge is 0.396 e. The van der Waals surface area contributed by atoms with Crippen molar-refractivity contribution in [3.05, 3.63) is 0 Å². The predicted octanol–water partition coefficient (Wildman–Crippen LogP) is 1.16. The minimum atomic E-state index is 0.0412. The Kier molecular flexibility index (Phi) is 4.85. The zero-order valence-corrected chi connectivity index (χ0v) is 9.38. The van der Waals surface area contributed by atoms with Gasteiger partial charge in [0.1, 0.15) is 0 Å². The standard InChI is InChI=1S/C11H23NO2/c1-3-7-12-11(6-8-13,9-14-2)10-4-5-10/h10,12-13H,3-9H2,1-2H3. The third kappa shape index (κ3) is 2.94. The Morgan fingerprint density at radius 1 is 1.50 bits per heavy atom. The van der Waals surface area contributed by atoms with Crippen LogP contribution >= 0.6 is 0 Å². The Bertz CT molecular complexity index is 151. The first-order chi connectivity index (χ1) is 6.79. The molecular weight excluding hydrogens is 178 g/mol. The fourth-order valence-electron chi connectivity index (χ4n) is 2.14. The van der Waals surface area contributed by atoms with Crippen LogP contribution in [0.3, 0.4) is 0 Å². The highest BCUT2D eigenvalue weighted by atomic mass is 16.5. The summed E-state index contributed by atoms with van der Waals surface area (Å²) in [5.41, 5.74) is 0.0412. The second-order valence-corrected chi connectivity index (χ2v) is 4.26. The lowest BCUT2D eigenvalue weighted by molar-refractivity contribution is 0.0734. The van der Waals surface area contributed by atoms with Crippen molar-refractivity contribution in [1.82, 2.24) is 5.32 Å². The summed E-state index contributed by atoms with van der Waals surface area (Å²) in [6, 6.07) is 0. The van der Waals surface area contributed by atoms with E-state index in [-0.39, 0.29) is 12.1 Å². The fourth-order valence-corrected chi connectivity index (χ4v) is 2.14. The van der Waals surface area contributed by atoms with E-state index in [4.69, 9.17) is 9.84 Å². The number of aliphatic hydroxyl groups excluding tert-OH is 1. The normalized spacial score (nSPS) is 20.8. The summed E-state index contributed by atoms with van der Waals surface area (Å²) in [6.45, 7) is 4.14. The molecule has 0 aromatic carbocycles. The Labute approximate surface area is 86.8 Å². The highest BCUT2D eigenvalue weighted by molar-refractivity contribution is 5.00. The lowest BCUT2D eigenvalue weighted by Gasteiger charge is -2.34. The van der Waals surface area contributed by atoms with Gasteiger partial charge in [0.15, 0.2) is 0 Å². The molecule has 0 aliphatic heterocycles. The van der Waals surface area contributed by atoms with E-state index in [1.807, 2.05) is 0 Å². The van der Waals surface area contributed by atoms with Gasteiger partial charge in [-0.2, -0.15) is 0 Å². The molecule has 1 aliphatic rings. The second-order valence-electron chi connectivity index (χ2n) is 4.26. The van der Waals surface area contributed by atoms with Crippen LogP contribution in [-0.4, -0.2) is 37.5 Å². The molecule has 0 radical (unpaired) electrons. The maximum absolute atomic E-state index is 9.11. The first-order valence-electron chi connectivity index (χ1n) is 5.64. The molecular formula is C11H23NO2. The zero-order valence-electron chi connectivity index (χ0n) is 9.38. The summed E-state index contributed by atoms with van der Waals surface area (Å²) in [5.74, 6) is 0.709. The molecule has 2 N–H and O–H groups in total. The number of hydrogen-bond acceptors (Lipinski definition) is 3. The molecule has 84 valence electrons. The molecule has 1 rings (SSSR count). The minimum absolute atomic E-state index is 0.0412. The number of nitrogens with one attached hydrogen (secondary N) is 1. The summed E-state index contributed by atoms with van der Waals surface area (Å²) < 4.78 is 5.28. The van der Waals surface area contributed by atoms with Gasteiger partial charge in [-0.25, -0.2) is 0 Å². The van der Waals surface area contributed by atoms with Crippen molar-refractivity contribution in [1.29, 1.82) is 0 Å². The predicted molar refractivity (Wildman–Crippen MR) is 57.3 cm³/mol. The molecule has 0 aromatic heterocycles. The van der Waals surface area contributed by atoms with Gasteiger partial charge in [-0.05, 0) is 38.1 Å². The van der Waals surface area contributed by atoms with Gasteiger partial charge in [0.05, 0.1) is 6.61 Å². The van der Waals surface area contributed by atoms with Gasteiger partial charge in [-0.3, -0.25) is 0 Å². The van der Waals surface area contributed by atoms with E-state index in [2.05, 4.69) is 12.2 Å². The smallest absolute Gasteiger partial charge is 0.0648 e. The van der Waals surface area contributed by atoms with Gasteiger partial charge in [0, 0.05) is 19.3 Å². The Morgan fingerprint density at radius 2 is 2.21 bits per heavy atom. The van der Waals surface area contributed by atoms with Crippen LogP contribution < -0.4 is 5.32 Å². The van der Waals surface area contributed by atoms with E-state index < -0.39 is 0 Å². The molecule has 1 atom stereocenters. The summed E-state index contributed by atoms with van der Waals surface area (Å²) >= 11 is 0. The van der Waals surface area contributed by atoms with E-state index >= 15 is 0 Å². The second kappa shape index (κ2) is 5.69. The van der Waals surface area contributed by atoms with Crippen LogP contribution in [0.4, 0.5) is 0 Å². The van der Waals surface area contributed by atoms with E-state index in [1.54, 1.807) is 7.11 Å². The third-order valence-corrected chi connectivity index (χ3v) is 3.05. The Balaban J connectivity index is 2.51. The van der Waals surface area contributed by atoms with Crippen molar-refractivity contribution in [2.45, 2.75) is 38.1 Å². The van der Waals surface area contributed by atoms with Crippen molar-refractivity contribution < 1.29 is 9.84 Å². The van der Waals surface area contributed by atoms with Crippen LogP contribution in [0.1, 0.15) is 32.6 Å². The molecule has 0 bridgehead atoms. The van der Waals surface area contributed by atoms with Crippen LogP contribution in [0.2, 0.25) is 0 Å². The van der Waals surface area contributed by atoms with E-state index in [1.165, 1.54) is 12.8 Å². The first kappa shape index (κ1) is 12.0. The number of aliphatic hydroxyl groups is 1. The minimum Gasteiger partial charge on any atom is -0.396 e. The average Bonchev–Trinajstić information content (AvgIpc) is 2.98. The van der Waals surface area contributed by atoms with Crippen LogP contribution in [-0.2, 0) is 4.74 Å². The molecule has 1 saturated carbocycles. The van der Waals surface area contributed by atoms with Crippen molar-refractivity contribution in [2.24, 2.45) is 5.92 Å². The highest BCUT2D eigenvalue weighted by Gasteiger charge is 2.44. The Hall–Kier alpha value is -0.120. The summed E-state index contributed by atoms with van der Waals surface area (Å²) in [7, 11) is 1.74. The SMILES string of the molecule is CCCNC(CCO)(COC)C1CC1. The van der Waals surface area contributed by atoms with Gasteiger partial charge in [-0.1, -0.05) is 6.92 Å². The monoisotopic (exact) mass is 201 g/mol. The van der Waals surface area contributed by atoms with Gasteiger partial charge >= 0.3 is 0 Å². The maximum Gasteiger partial charge on any atom is 0.0648 e. The first-order valence-corrected chi connectivity index (χ1v) is 5.64. The molecule has 0 heterocycles. The summed E-state index contributed by atoms with van der Waals surface area (Å²) in [6.07, 6.45) is 4.50. The Morgan fingerprint density at radius 3 is 2.64 bits per heavy atom. The lowest BCUT2D eigenvalue weighted by Crippen LogP contribution is -2.52. The third-order valence-electron chi connectivity index (χ3n) is 3.05. The molecule has 1 aliphatic carbocycles. The van der Waals surface area contributed by atoms with Gasteiger partial charge < -0.3 is 15.2 Å². The summed E-state index contributed by atoms with van der Waals surface area (Å²) in [5, 5.41) is 12.7. The molecule has 1 fully saturated rings. The molecule has 0 spiro atoms. The van der Waals surface area contributed by atoms with E-state index in [9.17, 15) is 0 Å². The molecule has 14 heavy (non-hydrogen) atoms. The van der Waals surface area contributed by atoms with Crippen molar-refractivity contribution >= 4 is 0 Å². The molecule has 0 amide bonds. The molecule has 3 heteroatoms. The van der Waals surface area contributed by atoms with E-state index in [0.29, 0.717) is 5.92 Å². The number of hydrogen-bond donors (Lipinski definition) is 2. The zero-order chi connectivity index (χ0) is 10.4. The van der Waals surface area contributed by atoms with Crippen LogP contribution in [0.25, 0.3) is 0 Å². The summed E-state index contributed by atoms with van der Waals surface area (Å²) in [4.78, 5) is 0. The van der Waals surface area contributed by atoms with Crippen molar-refractivity contribution in [2.75, 3.05) is 26.9 Å². The van der Waals surface area contributed by atoms with Gasteiger partial charge in [0.25, 0.3) is 0 Å². The molecule has 3 nitrogen and oxygen atoms in total. The maximum atomic E-state index is 9.11. The molecule has 0 aromatic rings.